The van der Waals surface area contributed by atoms with Crippen molar-refractivity contribution in [2.75, 3.05) is 0 Å². The summed E-state index contributed by atoms with van der Waals surface area (Å²) in [5.74, 6) is 0. The standard InChI is InChI=1S/C17H36O4S.K/c1-3-5-6-7-8-9-10-13-16(18)14-11-12-15-17(4-2)22(19,20)21;/h16-18H,3-15H2,1-2H3,(H,19,20,21);/q;+1/p-1. The maximum absolute atomic E-state index is 11.0. The van der Waals surface area contributed by atoms with E-state index in [1.54, 1.807) is 6.92 Å². The van der Waals surface area contributed by atoms with Gasteiger partial charge < -0.3 is 9.66 Å². The zero-order chi connectivity index (χ0) is 16.8. The van der Waals surface area contributed by atoms with Gasteiger partial charge >= 0.3 is 51.4 Å². The zero-order valence-electron chi connectivity index (χ0n) is 15.4. The van der Waals surface area contributed by atoms with Crippen LogP contribution in [0.1, 0.15) is 97.3 Å². The van der Waals surface area contributed by atoms with Gasteiger partial charge in [0.05, 0.1) is 16.2 Å². The Morgan fingerprint density at radius 1 is 0.826 bits per heavy atom. The summed E-state index contributed by atoms with van der Waals surface area (Å²) in [4.78, 5) is 0. The maximum atomic E-state index is 11.0. The van der Waals surface area contributed by atoms with Crippen LogP contribution in [0, 0.1) is 0 Å². The molecule has 0 aromatic carbocycles. The minimum atomic E-state index is -4.16. The van der Waals surface area contributed by atoms with Crippen molar-refractivity contribution < 1.29 is 69.5 Å². The van der Waals surface area contributed by atoms with E-state index in [-0.39, 0.29) is 57.5 Å². The second-order valence-electron chi connectivity index (χ2n) is 6.37. The molecule has 2 atom stereocenters. The molecule has 134 valence electrons. The molecule has 0 aliphatic heterocycles. The van der Waals surface area contributed by atoms with Gasteiger partial charge in [0.2, 0.25) is 0 Å². The van der Waals surface area contributed by atoms with Crippen LogP contribution in [-0.4, -0.2) is 29.4 Å². The van der Waals surface area contributed by atoms with Gasteiger partial charge in [-0.3, -0.25) is 0 Å². The number of hydrogen-bond donors (Lipinski definition) is 1. The Kier molecular flexibility index (Phi) is 19.7. The molecule has 6 heteroatoms. The molecule has 0 radical (unpaired) electrons. The van der Waals surface area contributed by atoms with Crippen molar-refractivity contribution in [1.82, 2.24) is 0 Å². The molecule has 0 aliphatic rings. The van der Waals surface area contributed by atoms with Crippen LogP contribution in [0.5, 0.6) is 0 Å². The molecule has 0 aromatic heterocycles. The fraction of sp³-hybridized carbons (Fsp3) is 1.00. The molecule has 0 amide bonds. The van der Waals surface area contributed by atoms with Gasteiger partial charge in [0.1, 0.15) is 0 Å². The van der Waals surface area contributed by atoms with Crippen LogP contribution in [0.2, 0.25) is 0 Å². The van der Waals surface area contributed by atoms with E-state index < -0.39 is 15.4 Å². The van der Waals surface area contributed by atoms with Crippen LogP contribution in [0.3, 0.4) is 0 Å². The monoisotopic (exact) mass is 374 g/mol. The number of unbranched alkanes of at least 4 members (excludes halogenated alkanes) is 7. The molecule has 0 aromatic rings. The molecule has 1 N–H and O–H groups in total. The van der Waals surface area contributed by atoms with Crippen LogP contribution < -0.4 is 51.4 Å². The minimum absolute atomic E-state index is 0. The summed E-state index contributed by atoms with van der Waals surface area (Å²) in [7, 11) is -4.16. The van der Waals surface area contributed by atoms with Crippen LogP contribution in [0.25, 0.3) is 0 Å². The van der Waals surface area contributed by atoms with Crippen LogP contribution in [-0.2, 0) is 10.1 Å². The first-order chi connectivity index (χ1) is 10.4. The fourth-order valence-electron chi connectivity index (χ4n) is 2.79. The van der Waals surface area contributed by atoms with Gasteiger partial charge in [-0.05, 0) is 25.7 Å². The average Bonchev–Trinajstić information content (AvgIpc) is 2.45. The van der Waals surface area contributed by atoms with Crippen molar-refractivity contribution in [3.8, 4) is 0 Å². The Labute approximate surface area is 186 Å². The van der Waals surface area contributed by atoms with Gasteiger partial charge in [0.15, 0.2) is 0 Å². The maximum Gasteiger partial charge on any atom is 1.00 e. The van der Waals surface area contributed by atoms with Crippen LogP contribution >= 0.6 is 0 Å². The van der Waals surface area contributed by atoms with E-state index in [9.17, 15) is 18.1 Å². The van der Waals surface area contributed by atoms with E-state index in [1.807, 2.05) is 0 Å². The van der Waals surface area contributed by atoms with E-state index in [2.05, 4.69) is 6.92 Å². The second kappa shape index (κ2) is 16.9. The van der Waals surface area contributed by atoms with Crippen LogP contribution in [0.15, 0.2) is 0 Å². The molecule has 0 rings (SSSR count). The number of rotatable bonds is 15. The molecule has 4 nitrogen and oxygen atoms in total. The molecule has 23 heavy (non-hydrogen) atoms. The smallest absolute Gasteiger partial charge is 0.748 e. The van der Waals surface area contributed by atoms with E-state index in [4.69, 9.17) is 0 Å². The van der Waals surface area contributed by atoms with E-state index >= 15 is 0 Å². The van der Waals surface area contributed by atoms with E-state index in [0.717, 1.165) is 19.3 Å². The number of aliphatic hydroxyl groups is 1. The molecule has 0 spiro atoms. The van der Waals surface area contributed by atoms with Crippen molar-refractivity contribution >= 4 is 10.1 Å². The van der Waals surface area contributed by atoms with Crippen molar-refractivity contribution in [2.24, 2.45) is 0 Å². The molecule has 2 unspecified atom stereocenters. The summed E-state index contributed by atoms with van der Waals surface area (Å²) in [6.07, 6.45) is 12.3. The second-order valence-corrected chi connectivity index (χ2v) is 8.02. The van der Waals surface area contributed by atoms with Crippen molar-refractivity contribution in [3.05, 3.63) is 0 Å². The molecule has 0 fully saturated rings. The van der Waals surface area contributed by atoms with Gasteiger partial charge in [-0.15, -0.1) is 0 Å². The average molecular weight is 375 g/mol. The normalized spacial score (nSPS) is 14.3. The Balaban J connectivity index is 0. The van der Waals surface area contributed by atoms with E-state index in [0.29, 0.717) is 25.7 Å². The van der Waals surface area contributed by atoms with Crippen molar-refractivity contribution in [1.29, 1.82) is 0 Å². The predicted molar refractivity (Wildman–Crippen MR) is 90.9 cm³/mol. The Bertz CT molecular complexity index is 347. The largest absolute Gasteiger partial charge is 1.00 e. The number of hydrogen-bond acceptors (Lipinski definition) is 4. The van der Waals surface area contributed by atoms with E-state index in [1.165, 1.54) is 38.5 Å². The first kappa shape index (κ1) is 26.7. The summed E-state index contributed by atoms with van der Waals surface area (Å²) in [5, 5.41) is 9.14. The predicted octanol–water partition coefficient (Wildman–Crippen LogP) is 1.38. The van der Waals surface area contributed by atoms with Gasteiger partial charge in [-0.2, -0.15) is 0 Å². The molecule has 0 saturated carbocycles. The quantitative estimate of drug-likeness (QED) is 0.267. The molecule has 0 heterocycles. The number of aliphatic hydroxyl groups excluding tert-OH is 1. The Morgan fingerprint density at radius 2 is 1.26 bits per heavy atom. The molecular weight excluding hydrogens is 339 g/mol. The van der Waals surface area contributed by atoms with Crippen LogP contribution in [0.4, 0.5) is 0 Å². The Hall–Kier alpha value is 1.51. The minimum Gasteiger partial charge on any atom is -0.748 e. The third-order valence-electron chi connectivity index (χ3n) is 4.32. The summed E-state index contributed by atoms with van der Waals surface area (Å²) in [5.41, 5.74) is 0. The molecular formula is C17H35KO4S. The SMILES string of the molecule is CCCCCCCCCC(O)CCCCC(CC)S(=O)(=O)[O-].[K+]. The fourth-order valence-corrected chi connectivity index (χ4v) is 3.65. The zero-order valence-corrected chi connectivity index (χ0v) is 19.4. The first-order valence-corrected chi connectivity index (χ1v) is 10.5. The van der Waals surface area contributed by atoms with Gasteiger partial charge in [-0.25, -0.2) is 8.42 Å². The van der Waals surface area contributed by atoms with Gasteiger partial charge in [0.25, 0.3) is 0 Å². The third kappa shape index (κ3) is 16.7. The third-order valence-corrected chi connectivity index (χ3v) is 5.70. The Morgan fingerprint density at radius 3 is 1.74 bits per heavy atom. The van der Waals surface area contributed by atoms with Gasteiger partial charge in [-0.1, -0.05) is 71.6 Å². The summed E-state index contributed by atoms with van der Waals surface area (Å²) < 4.78 is 32.9. The molecule has 0 aliphatic carbocycles. The topological polar surface area (TPSA) is 77.4 Å². The van der Waals surface area contributed by atoms with Gasteiger partial charge in [0, 0.05) is 5.25 Å². The molecule has 0 saturated heterocycles. The summed E-state index contributed by atoms with van der Waals surface area (Å²) >= 11 is 0. The molecule has 0 bridgehead atoms. The van der Waals surface area contributed by atoms with Crippen molar-refractivity contribution in [3.63, 3.8) is 0 Å². The first-order valence-electron chi connectivity index (χ1n) is 9.04. The summed E-state index contributed by atoms with van der Waals surface area (Å²) in [6.45, 7) is 3.95. The summed E-state index contributed by atoms with van der Waals surface area (Å²) in [6, 6.07) is 0. The van der Waals surface area contributed by atoms with Crippen molar-refractivity contribution in [2.45, 2.75) is 109 Å².